The lowest BCUT2D eigenvalue weighted by atomic mass is 9.80. The van der Waals surface area contributed by atoms with Gasteiger partial charge in [-0.05, 0) is 55.1 Å². The fraction of sp³-hybridized carbons (Fsp3) is 1.00. The molecular weight excluding hydrogens is 280 g/mol. The van der Waals surface area contributed by atoms with E-state index in [4.69, 9.17) is 4.74 Å². The van der Waals surface area contributed by atoms with E-state index < -0.39 is 0 Å². The lowest BCUT2D eigenvalue weighted by molar-refractivity contribution is -0.00244. The van der Waals surface area contributed by atoms with Crippen molar-refractivity contribution in [3.05, 3.63) is 0 Å². The Kier molecular flexibility index (Phi) is 4.81. The third kappa shape index (κ3) is 2.59. The smallest absolute Gasteiger partial charge is 0.0609 e. The van der Waals surface area contributed by atoms with E-state index in [1.54, 1.807) is 0 Å². The maximum Gasteiger partial charge on any atom is 0.0609 e. The van der Waals surface area contributed by atoms with Gasteiger partial charge in [-0.3, -0.25) is 0 Å². The van der Waals surface area contributed by atoms with Crippen LogP contribution in [0.5, 0.6) is 0 Å². The van der Waals surface area contributed by atoms with Crippen LogP contribution in [0.1, 0.15) is 25.7 Å². The van der Waals surface area contributed by atoms with Gasteiger partial charge in [0, 0.05) is 16.8 Å². The monoisotopic (exact) mass is 304 g/mol. The molecule has 2 bridgehead atoms. The van der Waals surface area contributed by atoms with Crippen LogP contribution in [0.3, 0.4) is 0 Å². The molecule has 0 spiro atoms. The van der Waals surface area contributed by atoms with Crippen molar-refractivity contribution >= 4 is 37.0 Å². The van der Waals surface area contributed by atoms with E-state index in [0.29, 0.717) is 6.10 Å². The van der Waals surface area contributed by atoms with E-state index in [1.165, 1.54) is 31.4 Å². The van der Waals surface area contributed by atoms with E-state index in [2.05, 4.69) is 37.0 Å². The molecule has 0 aromatic rings. The third-order valence-electron chi connectivity index (χ3n) is 5.23. The molecule has 3 fully saturated rings. The van der Waals surface area contributed by atoms with Gasteiger partial charge in [0.05, 0.1) is 12.7 Å². The molecule has 104 valence electrons. The van der Waals surface area contributed by atoms with Gasteiger partial charge in [-0.1, -0.05) is 0 Å². The molecule has 0 radical (unpaired) electrons. The quantitative estimate of drug-likeness (QED) is 0.728. The molecule has 3 rings (SSSR count). The SMILES string of the molecule is SCCOC1CC2CC1C1CC(SCCS)CC21. The second-order valence-corrected chi connectivity index (χ2v) is 8.35. The van der Waals surface area contributed by atoms with Crippen molar-refractivity contribution in [3.8, 4) is 0 Å². The first-order valence-corrected chi connectivity index (χ1v) is 9.59. The number of rotatable bonds is 6. The van der Waals surface area contributed by atoms with Gasteiger partial charge >= 0.3 is 0 Å². The van der Waals surface area contributed by atoms with E-state index in [1.807, 2.05) is 0 Å². The molecule has 6 unspecified atom stereocenters. The minimum atomic E-state index is 0.567. The predicted molar refractivity (Wildman–Crippen MR) is 86.1 cm³/mol. The standard InChI is InChI=1S/C14H24OS3/c16-2-1-15-14-6-9-5-13(14)12-8-10(7-11(9)12)18-4-3-17/h9-14,16-17H,1-8H2. The topological polar surface area (TPSA) is 9.23 Å². The summed E-state index contributed by atoms with van der Waals surface area (Å²) in [6.45, 7) is 0.839. The molecule has 3 aliphatic rings. The number of fused-ring (bicyclic) bond motifs is 5. The van der Waals surface area contributed by atoms with Crippen molar-refractivity contribution in [2.24, 2.45) is 23.7 Å². The van der Waals surface area contributed by atoms with Crippen molar-refractivity contribution in [1.82, 2.24) is 0 Å². The second kappa shape index (κ2) is 6.19. The molecule has 0 aliphatic heterocycles. The highest BCUT2D eigenvalue weighted by molar-refractivity contribution is 8.00. The number of thiol groups is 2. The third-order valence-corrected chi connectivity index (χ3v) is 7.24. The molecule has 3 saturated carbocycles. The number of hydrogen-bond donors (Lipinski definition) is 2. The zero-order valence-electron chi connectivity index (χ0n) is 10.8. The highest BCUT2D eigenvalue weighted by Gasteiger charge is 2.56. The average Bonchev–Trinajstić information content (AvgIpc) is 3.03. The van der Waals surface area contributed by atoms with Crippen LogP contribution in [-0.4, -0.2) is 35.2 Å². The number of hydrogen-bond acceptors (Lipinski definition) is 4. The van der Waals surface area contributed by atoms with Crippen molar-refractivity contribution in [1.29, 1.82) is 0 Å². The van der Waals surface area contributed by atoms with Crippen LogP contribution in [0, 0.1) is 23.7 Å². The normalized spacial score (nSPS) is 45.7. The summed E-state index contributed by atoms with van der Waals surface area (Å²) in [6.07, 6.45) is 6.28. The van der Waals surface area contributed by atoms with Gasteiger partial charge in [-0.15, -0.1) is 0 Å². The fourth-order valence-corrected chi connectivity index (χ4v) is 6.29. The van der Waals surface area contributed by atoms with Crippen LogP contribution in [0.2, 0.25) is 0 Å². The van der Waals surface area contributed by atoms with Gasteiger partial charge in [0.15, 0.2) is 0 Å². The Balaban J connectivity index is 1.55. The Labute approximate surface area is 126 Å². The van der Waals surface area contributed by atoms with Crippen molar-refractivity contribution in [2.75, 3.05) is 23.9 Å². The van der Waals surface area contributed by atoms with Crippen LogP contribution in [-0.2, 0) is 4.74 Å². The maximum absolute atomic E-state index is 6.02. The zero-order valence-corrected chi connectivity index (χ0v) is 13.4. The van der Waals surface area contributed by atoms with Crippen LogP contribution in [0.25, 0.3) is 0 Å². The van der Waals surface area contributed by atoms with Gasteiger partial charge in [0.1, 0.15) is 0 Å². The number of thioether (sulfide) groups is 1. The van der Waals surface area contributed by atoms with E-state index in [-0.39, 0.29) is 0 Å². The molecule has 1 nitrogen and oxygen atoms in total. The first kappa shape index (κ1) is 14.0. The van der Waals surface area contributed by atoms with Gasteiger partial charge in [-0.2, -0.15) is 37.0 Å². The molecular formula is C14H24OS3. The van der Waals surface area contributed by atoms with Gasteiger partial charge < -0.3 is 4.74 Å². The minimum absolute atomic E-state index is 0.567. The Morgan fingerprint density at radius 2 is 1.78 bits per heavy atom. The summed E-state index contributed by atoms with van der Waals surface area (Å²) < 4.78 is 6.02. The molecule has 0 heterocycles. The van der Waals surface area contributed by atoms with Gasteiger partial charge in [0.2, 0.25) is 0 Å². The lowest BCUT2D eigenvalue weighted by Gasteiger charge is -2.31. The highest BCUT2D eigenvalue weighted by Crippen LogP contribution is 2.60. The Morgan fingerprint density at radius 1 is 0.944 bits per heavy atom. The molecule has 4 heteroatoms. The molecule has 6 atom stereocenters. The summed E-state index contributed by atoms with van der Waals surface area (Å²) in [7, 11) is 0. The molecule has 0 N–H and O–H groups in total. The lowest BCUT2D eigenvalue weighted by Crippen LogP contribution is -2.30. The van der Waals surface area contributed by atoms with Crippen molar-refractivity contribution < 1.29 is 4.74 Å². The summed E-state index contributed by atoms with van der Waals surface area (Å²) in [5.41, 5.74) is 0. The van der Waals surface area contributed by atoms with Crippen molar-refractivity contribution in [2.45, 2.75) is 37.0 Å². The van der Waals surface area contributed by atoms with Gasteiger partial charge in [-0.25, -0.2) is 0 Å². The largest absolute Gasteiger partial charge is 0.377 e. The van der Waals surface area contributed by atoms with Crippen LogP contribution >= 0.6 is 37.0 Å². The molecule has 18 heavy (non-hydrogen) atoms. The second-order valence-electron chi connectivity index (χ2n) is 6.04. The number of ether oxygens (including phenoxy) is 1. The Morgan fingerprint density at radius 3 is 2.56 bits per heavy atom. The summed E-state index contributed by atoms with van der Waals surface area (Å²) in [5, 5.41) is 0.918. The summed E-state index contributed by atoms with van der Waals surface area (Å²) in [4.78, 5) is 0. The first-order chi connectivity index (χ1) is 8.83. The summed E-state index contributed by atoms with van der Waals surface area (Å²) in [6, 6.07) is 0. The maximum atomic E-state index is 6.02. The summed E-state index contributed by atoms with van der Waals surface area (Å²) in [5.74, 6) is 6.98. The van der Waals surface area contributed by atoms with Gasteiger partial charge in [0.25, 0.3) is 0 Å². The molecule has 0 aromatic heterocycles. The van der Waals surface area contributed by atoms with Crippen LogP contribution in [0.4, 0.5) is 0 Å². The fourth-order valence-electron chi connectivity index (χ4n) is 4.71. The van der Waals surface area contributed by atoms with E-state index in [0.717, 1.165) is 47.0 Å². The summed E-state index contributed by atoms with van der Waals surface area (Å²) >= 11 is 10.7. The molecule has 3 aliphatic carbocycles. The Hall–Kier alpha value is 1.01. The zero-order chi connectivity index (χ0) is 12.5. The average molecular weight is 305 g/mol. The molecule has 0 amide bonds. The Bertz CT molecular complexity index is 286. The predicted octanol–water partition coefficient (Wildman–Crippen LogP) is 3.40. The first-order valence-electron chi connectivity index (χ1n) is 7.28. The van der Waals surface area contributed by atoms with E-state index in [9.17, 15) is 0 Å². The highest BCUT2D eigenvalue weighted by atomic mass is 32.2. The minimum Gasteiger partial charge on any atom is -0.377 e. The van der Waals surface area contributed by atoms with Crippen molar-refractivity contribution in [3.63, 3.8) is 0 Å². The molecule has 0 saturated heterocycles. The van der Waals surface area contributed by atoms with E-state index >= 15 is 0 Å². The molecule has 0 aromatic carbocycles. The van der Waals surface area contributed by atoms with Crippen LogP contribution in [0.15, 0.2) is 0 Å². The van der Waals surface area contributed by atoms with Crippen LogP contribution < -0.4 is 0 Å².